The first-order chi connectivity index (χ1) is 8.70. The molecule has 0 spiro atoms. The van der Waals surface area contributed by atoms with E-state index in [4.69, 9.17) is 0 Å². The van der Waals surface area contributed by atoms with E-state index >= 15 is 0 Å². The number of ketones is 1. The van der Waals surface area contributed by atoms with Crippen LogP contribution in [0.4, 0.5) is 0 Å². The number of rotatable bonds is 4. The summed E-state index contributed by atoms with van der Waals surface area (Å²) in [7, 11) is 0. The van der Waals surface area contributed by atoms with Gasteiger partial charge in [-0.25, -0.2) is 0 Å². The Morgan fingerprint density at radius 1 is 1.06 bits per heavy atom. The maximum Gasteiger partial charge on any atom is 0.168 e. The van der Waals surface area contributed by atoms with Crippen LogP contribution in [0.3, 0.4) is 0 Å². The number of carbonyl (C=O) groups excluding carboxylic acids is 1. The highest BCUT2D eigenvalue weighted by Crippen LogP contribution is 2.20. The lowest BCUT2D eigenvalue weighted by atomic mass is 10.0. The van der Waals surface area contributed by atoms with Crippen LogP contribution >= 0.6 is 15.9 Å². The van der Waals surface area contributed by atoms with Crippen LogP contribution in [0.2, 0.25) is 0 Å². The molecule has 0 saturated carbocycles. The van der Waals surface area contributed by atoms with Crippen LogP contribution in [-0.4, -0.2) is 5.78 Å². The lowest BCUT2D eigenvalue weighted by Gasteiger charge is -2.06. The van der Waals surface area contributed by atoms with Crippen molar-refractivity contribution in [3.63, 3.8) is 0 Å². The van der Waals surface area contributed by atoms with E-state index in [1.165, 1.54) is 5.56 Å². The third-order valence-corrected chi connectivity index (χ3v) is 3.64. The van der Waals surface area contributed by atoms with E-state index in [-0.39, 0.29) is 5.78 Å². The van der Waals surface area contributed by atoms with Gasteiger partial charge >= 0.3 is 0 Å². The number of aryl methyl sites for hydroxylation is 1. The van der Waals surface area contributed by atoms with Gasteiger partial charge in [0.1, 0.15) is 0 Å². The lowest BCUT2D eigenvalue weighted by Crippen LogP contribution is -2.05. The van der Waals surface area contributed by atoms with Gasteiger partial charge < -0.3 is 0 Å². The number of hydrogen-bond donors (Lipinski definition) is 0. The van der Waals surface area contributed by atoms with E-state index in [0.29, 0.717) is 6.42 Å². The summed E-state index contributed by atoms with van der Waals surface area (Å²) in [6, 6.07) is 15.8. The van der Waals surface area contributed by atoms with Crippen molar-refractivity contribution in [2.45, 2.75) is 19.8 Å². The van der Waals surface area contributed by atoms with Crippen LogP contribution in [0, 0.1) is 0 Å². The zero-order valence-corrected chi connectivity index (χ0v) is 11.9. The Hall–Kier alpha value is -1.41. The molecule has 18 heavy (non-hydrogen) atoms. The first-order valence-electron chi connectivity index (χ1n) is 6.06. The van der Waals surface area contributed by atoms with E-state index in [1.54, 1.807) is 0 Å². The van der Waals surface area contributed by atoms with E-state index in [9.17, 15) is 4.79 Å². The SMILES string of the molecule is CCc1ccc(Br)c(C(=O)Cc2ccccc2)c1. The fourth-order valence-electron chi connectivity index (χ4n) is 1.88. The van der Waals surface area contributed by atoms with E-state index < -0.39 is 0 Å². The van der Waals surface area contributed by atoms with Gasteiger partial charge in [-0.2, -0.15) is 0 Å². The van der Waals surface area contributed by atoms with E-state index in [2.05, 4.69) is 22.9 Å². The van der Waals surface area contributed by atoms with Gasteiger partial charge in [-0.3, -0.25) is 4.79 Å². The smallest absolute Gasteiger partial charge is 0.168 e. The standard InChI is InChI=1S/C16H15BrO/c1-2-12-8-9-15(17)14(10-12)16(18)11-13-6-4-3-5-7-13/h3-10H,2,11H2,1H3. The fourth-order valence-corrected chi connectivity index (χ4v) is 2.35. The summed E-state index contributed by atoms with van der Waals surface area (Å²) in [5, 5.41) is 0. The highest BCUT2D eigenvalue weighted by atomic mass is 79.9. The van der Waals surface area contributed by atoms with Crippen LogP contribution in [0.5, 0.6) is 0 Å². The minimum atomic E-state index is 0.156. The van der Waals surface area contributed by atoms with Crippen molar-refractivity contribution in [2.24, 2.45) is 0 Å². The van der Waals surface area contributed by atoms with Gasteiger partial charge in [-0.1, -0.05) is 59.3 Å². The molecule has 92 valence electrons. The van der Waals surface area contributed by atoms with E-state index in [0.717, 1.165) is 22.0 Å². The molecule has 0 bridgehead atoms. The number of hydrogen-bond acceptors (Lipinski definition) is 1. The minimum absolute atomic E-state index is 0.156. The number of carbonyl (C=O) groups is 1. The van der Waals surface area contributed by atoms with Crippen molar-refractivity contribution in [3.05, 3.63) is 69.7 Å². The van der Waals surface area contributed by atoms with Crippen LogP contribution in [0.15, 0.2) is 53.0 Å². The van der Waals surface area contributed by atoms with Gasteiger partial charge in [-0.15, -0.1) is 0 Å². The third kappa shape index (κ3) is 3.08. The quantitative estimate of drug-likeness (QED) is 0.763. The van der Waals surface area contributed by atoms with Crippen molar-refractivity contribution in [1.29, 1.82) is 0 Å². The molecule has 2 aromatic rings. The summed E-state index contributed by atoms with van der Waals surface area (Å²) in [4.78, 5) is 12.3. The van der Waals surface area contributed by atoms with Crippen LogP contribution in [0.25, 0.3) is 0 Å². The molecule has 0 aliphatic carbocycles. The van der Waals surface area contributed by atoms with Gasteiger partial charge in [0.15, 0.2) is 5.78 Å². The molecule has 0 aliphatic rings. The minimum Gasteiger partial charge on any atom is -0.294 e. The van der Waals surface area contributed by atoms with Crippen LogP contribution in [-0.2, 0) is 12.8 Å². The molecule has 0 fully saturated rings. The average molecular weight is 303 g/mol. The predicted octanol–water partition coefficient (Wildman–Crippen LogP) is 4.44. The Morgan fingerprint density at radius 2 is 1.78 bits per heavy atom. The van der Waals surface area contributed by atoms with Crippen molar-refractivity contribution in [2.75, 3.05) is 0 Å². The molecule has 0 N–H and O–H groups in total. The summed E-state index contributed by atoms with van der Waals surface area (Å²) in [5.41, 5.74) is 3.02. The number of benzene rings is 2. The van der Waals surface area contributed by atoms with Crippen LogP contribution in [0.1, 0.15) is 28.4 Å². The van der Waals surface area contributed by atoms with Crippen molar-refractivity contribution < 1.29 is 4.79 Å². The summed E-state index contributed by atoms with van der Waals surface area (Å²) in [5.74, 6) is 0.156. The topological polar surface area (TPSA) is 17.1 Å². The molecule has 0 aromatic heterocycles. The van der Waals surface area contributed by atoms with Gasteiger partial charge in [-0.05, 0) is 29.7 Å². The summed E-state index contributed by atoms with van der Waals surface area (Å²) >= 11 is 3.45. The first kappa shape index (κ1) is 13.0. The monoisotopic (exact) mass is 302 g/mol. The zero-order valence-electron chi connectivity index (χ0n) is 10.3. The molecule has 1 nitrogen and oxygen atoms in total. The molecular formula is C16H15BrO. The fraction of sp³-hybridized carbons (Fsp3) is 0.188. The highest BCUT2D eigenvalue weighted by Gasteiger charge is 2.11. The van der Waals surface area contributed by atoms with Gasteiger partial charge in [0.05, 0.1) is 0 Å². The average Bonchev–Trinajstić information content (AvgIpc) is 2.40. The Kier molecular flexibility index (Phi) is 4.32. The second-order valence-electron chi connectivity index (χ2n) is 4.25. The number of halogens is 1. The summed E-state index contributed by atoms with van der Waals surface area (Å²) in [6.45, 7) is 2.09. The number of Topliss-reactive ketones (excluding diaryl/α,β-unsaturated/α-hetero) is 1. The highest BCUT2D eigenvalue weighted by molar-refractivity contribution is 9.10. The molecule has 0 heterocycles. The van der Waals surface area contributed by atoms with Gasteiger partial charge in [0.2, 0.25) is 0 Å². The molecule has 0 amide bonds. The predicted molar refractivity (Wildman–Crippen MR) is 78.0 cm³/mol. The first-order valence-corrected chi connectivity index (χ1v) is 6.85. The van der Waals surface area contributed by atoms with Crippen molar-refractivity contribution in [3.8, 4) is 0 Å². The maximum atomic E-state index is 12.3. The molecule has 2 aromatic carbocycles. The molecule has 2 heteroatoms. The maximum absolute atomic E-state index is 12.3. The molecule has 0 radical (unpaired) electrons. The molecule has 0 atom stereocenters. The second-order valence-corrected chi connectivity index (χ2v) is 5.11. The Bertz CT molecular complexity index is 546. The Labute approximate surface area is 116 Å². The summed E-state index contributed by atoms with van der Waals surface area (Å²) in [6.07, 6.45) is 1.39. The zero-order chi connectivity index (χ0) is 13.0. The van der Waals surface area contributed by atoms with Crippen molar-refractivity contribution >= 4 is 21.7 Å². The third-order valence-electron chi connectivity index (χ3n) is 2.95. The van der Waals surface area contributed by atoms with Crippen LogP contribution < -0.4 is 0 Å². The van der Waals surface area contributed by atoms with E-state index in [1.807, 2.05) is 48.5 Å². The lowest BCUT2D eigenvalue weighted by molar-refractivity contribution is 0.0992. The Balaban J connectivity index is 2.23. The largest absolute Gasteiger partial charge is 0.294 e. The van der Waals surface area contributed by atoms with Crippen molar-refractivity contribution in [1.82, 2.24) is 0 Å². The van der Waals surface area contributed by atoms with Gasteiger partial charge in [0.25, 0.3) is 0 Å². The molecule has 0 aliphatic heterocycles. The molecule has 0 saturated heterocycles. The second kappa shape index (κ2) is 5.96. The molecular weight excluding hydrogens is 288 g/mol. The molecule has 0 unspecified atom stereocenters. The molecule has 2 rings (SSSR count). The van der Waals surface area contributed by atoms with Gasteiger partial charge in [0, 0.05) is 16.5 Å². The Morgan fingerprint density at radius 3 is 2.44 bits per heavy atom. The summed E-state index contributed by atoms with van der Waals surface area (Å²) < 4.78 is 0.876. The normalized spacial score (nSPS) is 10.3.